The molecule has 0 fully saturated rings. The van der Waals surface area contributed by atoms with Crippen molar-refractivity contribution in [2.75, 3.05) is 0 Å². The van der Waals surface area contributed by atoms with Gasteiger partial charge in [0.25, 0.3) is 11.2 Å². The van der Waals surface area contributed by atoms with Gasteiger partial charge < -0.3 is 0 Å². The van der Waals surface area contributed by atoms with E-state index in [1.807, 2.05) is 0 Å². The van der Waals surface area contributed by atoms with Crippen LogP contribution in [0.5, 0.6) is 0 Å². The normalized spacial score (nSPS) is 10.9. The second kappa shape index (κ2) is 7.47. The molecule has 144 valence electrons. The summed E-state index contributed by atoms with van der Waals surface area (Å²) >= 11 is 0. The number of pyridine rings is 2. The standard InChI is InChI=1S/C20H15N5O4/c26-19-18-17(8-4-10-22-18)23(12-14-5-3-7-16(11-14)25(28)29)20(27)24(19)13-15-6-1-2-9-21-15/h1-11H,12-13H2. The van der Waals surface area contributed by atoms with Crippen LogP contribution < -0.4 is 11.2 Å². The van der Waals surface area contributed by atoms with E-state index < -0.39 is 16.2 Å². The summed E-state index contributed by atoms with van der Waals surface area (Å²) in [5.74, 6) is 0. The molecular formula is C20H15N5O4. The van der Waals surface area contributed by atoms with Gasteiger partial charge >= 0.3 is 5.69 Å². The van der Waals surface area contributed by atoms with Crippen LogP contribution in [0.1, 0.15) is 11.3 Å². The Kier molecular flexibility index (Phi) is 4.70. The predicted octanol–water partition coefficient (Wildman–Crippen LogP) is 1.96. The van der Waals surface area contributed by atoms with E-state index >= 15 is 0 Å². The van der Waals surface area contributed by atoms with Crippen LogP contribution in [0.4, 0.5) is 5.69 Å². The number of rotatable bonds is 5. The van der Waals surface area contributed by atoms with Crippen LogP contribution in [0.25, 0.3) is 11.0 Å². The SMILES string of the molecule is O=c1c2ncccc2n(Cc2cccc([N+](=O)[O-])c2)c(=O)n1Cc1ccccn1. The molecule has 3 heterocycles. The Labute approximate surface area is 163 Å². The number of non-ortho nitro benzene ring substituents is 1. The number of hydrogen-bond acceptors (Lipinski definition) is 6. The molecule has 0 amide bonds. The highest BCUT2D eigenvalue weighted by Crippen LogP contribution is 2.15. The summed E-state index contributed by atoms with van der Waals surface area (Å²) in [4.78, 5) is 44.9. The lowest BCUT2D eigenvalue weighted by Gasteiger charge is -2.13. The molecule has 4 rings (SSSR count). The predicted molar refractivity (Wildman–Crippen MR) is 106 cm³/mol. The van der Waals surface area contributed by atoms with Gasteiger partial charge in [0.2, 0.25) is 0 Å². The first kappa shape index (κ1) is 18.2. The number of fused-ring (bicyclic) bond motifs is 1. The van der Waals surface area contributed by atoms with Crippen molar-refractivity contribution in [2.45, 2.75) is 13.1 Å². The number of benzene rings is 1. The summed E-state index contributed by atoms with van der Waals surface area (Å²) in [6.45, 7) is 0.0607. The fourth-order valence-electron chi connectivity index (χ4n) is 3.14. The molecule has 29 heavy (non-hydrogen) atoms. The summed E-state index contributed by atoms with van der Waals surface area (Å²) in [5, 5.41) is 11.1. The maximum absolute atomic E-state index is 13.2. The van der Waals surface area contributed by atoms with E-state index in [9.17, 15) is 19.7 Å². The molecule has 0 saturated carbocycles. The zero-order chi connectivity index (χ0) is 20.4. The largest absolute Gasteiger partial charge is 0.332 e. The molecule has 9 heteroatoms. The van der Waals surface area contributed by atoms with Crippen molar-refractivity contribution < 1.29 is 4.92 Å². The van der Waals surface area contributed by atoms with Crippen molar-refractivity contribution in [3.8, 4) is 0 Å². The molecule has 0 radical (unpaired) electrons. The first-order valence-corrected chi connectivity index (χ1v) is 8.76. The zero-order valence-electron chi connectivity index (χ0n) is 15.1. The highest BCUT2D eigenvalue weighted by Gasteiger charge is 2.16. The molecule has 0 bridgehead atoms. The van der Waals surface area contributed by atoms with Gasteiger partial charge in [-0.25, -0.2) is 9.78 Å². The maximum Gasteiger partial charge on any atom is 0.332 e. The third kappa shape index (κ3) is 3.53. The highest BCUT2D eigenvalue weighted by molar-refractivity contribution is 5.73. The van der Waals surface area contributed by atoms with E-state index in [1.165, 1.54) is 22.9 Å². The van der Waals surface area contributed by atoms with Gasteiger partial charge in [-0.1, -0.05) is 18.2 Å². The second-order valence-corrected chi connectivity index (χ2v) is 6.38. The molecule has 0 aliphatic carbocycles. The first-order chi connectivity index (χ1) is 14.0. The van der Waals surface area contributed by atoms with E-state index in [0.717, 1.165) is 4.57 Å². The van der Waals surface area contributed by atoms with Crippen molar-refractivity contribution in [1.29, 1.82) is 0 Å². The number of nitro groups is 1. The van der Waals surface area contributed by atoms with Crippen LogP contribution in [0.15, 0.2) is 76.6 Å². The average Bonchev–Trinajstić information content (AvgIpc) is 2.75. The minimum atomic E-state index is -0.535. The van der Waals surface area contributed by atoms with Gasteiger partial charge in [-0.05, 0) is 29.8 Å². The van der Waals surface area contributed by atoms with Crippen molar-refractivity contribution in [3.63, 3.8) is 0 Å². The van der Waals surface area contributed by atoms with Gasteiger partial charge in [-0.2, -0.15) is 0 Å². The van der Waals surface area contributed by atoms with Crippen LogP contribution in [0.2, 0.25) is 0 Å². The second-order valence-electron chi connectivity index (χ2n) is 6.38. The van der Waals surface area contributed by atoms with E-state index in [2.05, 4.69) is 9.97 Å². The van der Waals surface area contributed by atoms with Crippen LogP contribution in [-0.2, 0) is 13.1 Å². The van der Waals surface area contributed by atoms with E-state index in [4.69, 9.17) is 0 Å². The van der Waals surface area contributed by atoms with Crippen LogP contribution >= 0.6 is 0 Å². The molecule has 0 spiro atoms. The van der Waals surface area contributed by atoms with Crippen molar-refractivity contribution in [3.05, 3.63) is 109 Å². The monoisotopic (exact) mass is 389 g/mol. The van der Waals surface area contributed by atoms with Crippen molar-refractivity contribution in [1.82, 2.24) is 19.1 Å². The molecule has 3 aromatic heterocycles. The number of aromatic nitrogens is 4. The molecule has 0 saturated heterocycles. The van der Waals surface area contributed by atoms with Gasteiger partial charge in [-0.3, -0.25) is 29.0 Å². The van der Waals surface area contributed by atoms with Crippen LogP contribution in [0, 0.1) is 10.1 Å². The fourth-order valence-corrected chi connectivity index (χ4v) is 3.14. The Morgan fingerprint density at radius 1 is 0.897 bits per heavy atom. The fraction of sp³-hybridized carbons (Fsp3) is 0.100. The quantitative estimate of drug-likeness (QED) is 0.381. The minimum Gasteiger partial charge on any atom is -0.287 e. The maximum atomic E-state index is 13.2. The lowest BCUT2D eigenvalue weighted by Crippen LogP contribution is -2.41. The lowest BCUT2D eigenvalue weighted by atomic mass is 10.2. The number of nitro benzene ring substituents is 1. The van der Waals surface area contributed by atoms with E-state index in [1.54, 1.807) is 48.7 Å². The van der Waals surface area contributed by atoms with Crippen LogP contribution in [0.3, 0.4) is 0 Å². The molecule has 1 aromatic carbocycles. The molecule has 0 N–H and O–H groups in total. The summed E-state index contributed by atoms with van der Waals surface area (Å²) in [7, 11) is 0. The third-order valence-electron chi connectivity index (χ3n) is 4.50. The smallest absolute Gasteiger partial charge is 0.287 e. The van der Waals surface area contributed by atoms with Gasteiger partial charge in [0.15, 0.2) is 5.52 Å². The summed E-state index contributed by atoms with van der Waals surface area (Å²) < 4.78 is 2.47. The van der Waals surface area contributed by atoms with Crippen molar-refractivity contribution in [2.24, 2.45) is 0 Å². The molecular weight excluding hydrogens is 374 g/mol. The molecule has 0 atom stereocenters. The topological polar surface area (TPSA) is 113 Å². The number of nitrogens with zero attached hydrogens (tertiary/aromatic N) is 5. The van der Waals surface area contributed by atoms with E-state index in [-0.39, 0.29) is 24.3 Å². The Morgan fingerprint density at radius 2 is 1.72 bits per heavy atom. The van der Waals surface area contributed by atoms with Gasteiger partial charge in [-0.15, -0.1) is 0 Å². The van der Waals surface area contributed by atoms with E-state index in [0.29, 0.717) is 16.8 Å². The molecule has 9 nitrogen and oxygen atoms in total. The summed E-state index contributed by atoms with van der Waals surface area (Å²) in [5.41, 5.74) is 0.525. The molecule has 4 aromatic rings. The third-order valence-corrected chi connectivity index (χ3v) is 4.50. The zero-order valence-corrected chi connectivity index (χ0v) is 15.1. The molecule has 0 aliphatic rings. The number of hydrogen-bond donors (Lipinski definition) is 0. The van der Waals surface area contributed by atoms with Gasteiger partial charge in [0, 0.05) is 24.5 Å². The van der Waals surface area contributed by atoms with Gasteiger partial charge in [0.05, 0.1) is 29.2 Å². The highest BCUT2D eigenvalue weighted by atomic mass is 16.6. The lowest BCUT2D eigenvalue weighted by molar-refractivity contribution is -0.384. The minimum absolute atomic E-state index is 0.0000413. The van der Waals surface area contributed by atoms with Crippen LogP contribution in [-0.4, -0.2) is 24.0 Å². The Balaban J connectivity index is 1.89. The summed E-state index contributed by atoms with van der Waals surface area (Å²) in [6.07, 6.45) is 3.07. The summed E-state index contributed by atoms with van der Waals surface area (Å²) in [6, 6.07) is 14.5. The van der Waals surface area contributed by atoms with Crippen molar-refractivity contribution >= 4 is 16.7 Å². The van der Waals surface area contributed by atoms with Gasteiger partial charge in [0.1, 0.15) is 0 Å². The first-order valence-electron chi connectivity index (χ1n) is 8.76. The molecule has 0 unspecified atom stereocenters. The molecule has 0 aliphatic heterocycles. The average molecular weight is 389 g/mol. The Bertz CT molecular complexity index is 1330. The Hall–Kier alpha value is -4.14. The Morgan fingerprint density at radius 3 is 2.48 bits per heavy atom.